The van der Waals surface area contributed by atoms with E-state index >= 15 is 0 Å². The van der Waals surface area contributed by atoms with Gasteiger partial charge in [0.2, 0.25) is 17.6 Å². The number of carbonyl (C=O) groups is 4. The number of rotatable bonds is 14. The summed E-state index contributed by atoms with van der Waals surface area (Å²) >= 11 is 0. The summed E-state index contributed by atoms with van der Waals surface area (Å²) in [6.45, 7) is 4.03. The van der Waals surface area contributed by atoms with Crippen molar-refractivity contribution in [2.45, 2.75) is 51.0 Å². The number of carbonyl (C=O) groups excluding carboxylic acids is 3. The molecule has 1 atom stereocenters. The van der Waals surface area contributed by atoms with Crippen LogP contribution < -0.4 is 21.3 Å². The van der Waals surface area contributed by atoms with E-state index in [1.54, 1.807) is 24.3 Å². The van der Waals surface area contributed by atoms with E-state index in [1.807, 2.05) is 48.5 Å². The van der Waals surface area contributed by atoms with Crippen LogP contribution in [0, 0.1) is 11.8 Å². The lowest BCUT2D eigenvalue weighted by atomic mass is 9.81. The Morgan fingerprint density at radius 2 is 1.60 bits per heavy atom. The van der Waals surface area contributed by atoms with Gasteiger partial charge in [-0.3, -0.25) is 14.4 Å². The van der Waals surface area contributed by atoms with Gasteiger partial charge in [-0.2, -0.15) is 5.21 Å². The third-order valence-electron chi connectivity index (χ3n) is 9.91. The van der Waals surface area contributed by atoms with Gasteiger partial charge in [-0.25, -0.2) is 4.79 Å². The van der Waals surface area contributed by atoms with Gasteiger partial charge in [0.1, 0.15) is 6.04 Å². The molecular formula is C38H45N9O5. The molecule has 272 valence electrons. The maximum absolute atomic E-state index is 13.8. The van der Waals surface area contributed by atoms with E-state index in [9.17, 15) is 19.2 Å². The molecule has 1 aliphatic heterocycles. The predicted molar refractivity (Wildman–Crippen MR) is 195 cm³/mol. The smallest absolute Gasteiger partial charge is 0.404 e. The number of tetrazole rings is 1. The molecule has 0 bridgehead atoms. The first-order valence-electron chi connectivity index (χ1n) is 17.9. The molecule has 4 aromatic rings. The van der Waals surface area contributed by atoms with E-state index < -0.39 is 12.1 Å². The number of hydrogen-bond donors (Lipinski definition) is 6. The maximum Gasteiger partial charge on any atom is 0.404 e. The van der Waals surface area contributed by atoms with Crippen molar-refractivity contribution in [3.63, 3.8) is 0 Å². The monoisotopic (exact) mass is 707 g/mol. The minimum atomic E-state index is -1.05. The third kappa shape index (κ3) is 10.00. The van der Waals surface area contributed by atoms with Crippen LogP contribution in [0.5, 0.6) is 0 Å². The number of H-pyrrole nitrogens is 1. The topological polar surface area (TPSA) is 194 Å². The summed E-state index contributed by atoms with van der Waals surface area (Å²) in [7, 11) is 0. The minimum absolute atomic E-state index is 0.0982. The van der Waals surface area contributed by atoms with Gasteiger partial charge in [-0.15, -0.1) is 10.2 Å². The van der Waals surface area contributed by atoms with Crippen molar-refractivity contribution in [1.82, 2.24) is 41.5 Å². The van der Waals surface area contributed by atoms with Gasteiger partial charge >= 0.3 is 6.09 Å². The summed E-state index contributed by atoms with van der Waals surface area (Å²) in [6, 6.07) is 21.5. The summed E-state index contributed by atoms with van der Waals surface area (Å²) in [4.78, 5) is 53.4. The molecule has 0 spiro atoms. The standard InChI is InChI=1S/C38H45N9O5/c48-35(39-18-21-47-19-1-2-20-47)29-12-10-27(11-13-29)31-5-3-4-26(22-31)23-33(42-36(49)30-8-6-25(7-9-30)24-40-38(51)52)37(50)41-32-16-14-28(15-17-32)34-43-45-46-44-34/h3-5,10-17,22,25,30,33,40H,1-2,6-9,18-21,23-24H2,(H,39,48)(H,41,50)(H,42,49)(H,51,52)(H,43,44,45,46)/t25?,30?,33-/m0/s1. The fourth-order valence-corrected chi connectivity index (χ4v) is 6.94. The average Bonchev–Trinajstić information content (AvgIpc) is 3.90. The molecule has 4 amide bonds. The zero-order valence-corrected chi connectivity index (χ0v) is 29.0. The van der Waals surface area contributed by atoms with Crippen molar-refractivity contribution in [1.29, 1.82) is 0 Å². The Morgan fingerprint density at radius 3 is 2.29 bits per heavy atom. The Balaban J connectivity index is 1.11. The molecule has 6 rings (SSSR count). The van der Waals surface area contributed by atoms with Crippen molar-refractivity contribution in [3.05, 3.63) is 83.9 Å². The second-order valence-corrected chi connectivity index (χ2v) is 13.6. The van der Waals surface area contributed by atoms with Gasteiger partial charge in [0.25, 0.3) is 5.91 Å². The van der Waals surface area contributed by atoms with E-state index in [0.717, 1.165) is 54.7 Å². The number of hydrogen-bond acceptors (Lipinski definition) is 8. The Kier molecular flexibility index (Phi) is 12.2. The lowest BCUT2D eigenvalue weighted by molar-refractivity contribution is -0.130. The van der Waals surface area contributed by atoms with E-state index in [0.29, 0.717) is 43.0 Å². The molecular weight excluding hydrogens is 662 g/mol. The van der Waals surface area contributed by atoms with E-state index in [1.165, 1.54) is 12.8 Å². The van der Waals surface area contributed by atoms with Crippen LogP contribution in [-0.2, 0) is 16.0 Å². The molecule has 1 aliphatic carbocycles. The van der Waals surface area contributed by atoms with Gasteiger partial charge in [-0.05, 0) is 116 Å². The first-order valence-corrected chi connectivity index (χ1v) is 17.9. The average molecular weight is 708 g/mol. The third-order valence-corrected chi connectivity index (χ3v) is 9.91. The summed E-state index contributed by atoms with van der Waals surface area (Å²) in [5, 5.41) is 34.4. The van der Waals surface area contributed by atoms with Crippen molar-refractivity contribution in [2.75, 3.05) is 38.0 Å². The van der Waals surface area contributed by atoms with Crippen LogP contribution in [0.15, 0.2) is 72.8 Å². The second kappa shape index (κ2) is 17.5. The molecule has 0 radical (unpaired) electrons. The fraction of sp³-hybridized carbons (Fsp3) is 0.395. The molecule has 52 heavy (non-hydrogen) atoms. The molecule has 2 aliphatic rings. The molecule has 0 unspecified atom stereocenters. The highest BCUT2D eigenvalue weighted by Crippen LogP contribution is 2.29. The van der Waals surface area contributed by atoms with Crippen molar-refractivity contribution < 1.29 is 24.3 Å². The Morgan fingerprint density at radius 1 is 0.865 bits per heavy atom. The predicted octanol–water partition coefficient (Wildman–Crippen LogP) is 4.10. The van der Waals surface area contributed by atoms with Crippen LogP contribution >= 0.6 is 0 Å². The number of aromatic nitrogens is 4. The number of anilines is 1. The molecule has 1 saturated heterocycles. The molecule has 3 aromatic carbocycles. The summed E-state index contributed by atoms with van der Waals surface area (Å²) in [5.41, 5.74) is 4.59. The Hall–Kier alpha value is -5.63. The zero-order chi connectivity index (χ0) is 36.3. The number of likely N-dealkylation sites (tertiary alicyclic amines) is 1. The van der Waals surface area contributed by atoms with Crippen LogP contribution in [0.2, 0.25) is 0 Å². The van der Waals surface area contributed by atoms with Crippen LogP contribution in [0.25, 0.3) is 22.5 Å². The molecule has 14 heteroatoms. The highest BCUT2D eigenvalue weighted by Gasteiger charge is 2.30. The number of nitrogens with zero attached hydrogens (tertiary/aromatic N) is 4. The van der Waals surface area contributed by atoms with Crippen molar-refractivity contribution >= 4 is 29.5 Å². The van der Waals surface area contributed by atoms with Crippen LogP contribution in [-0.4, -0.2) is 93.2 Å². The van der Waals surface area contributed by atoms with E-state index in [4.69, 9.17) is 5.11 Å². The number of nitrogens with one attached hydrogen (secondary N) is 5. The molecule has 2 fully saturated rings. The first-order chi connectivity index (χ1) is 25.3. The van der Waals surface area contributed by atoms with Gasteiger partial charge in [-0.1, -0.05) is 36.4 Å². The summed E-state index contributed by atoms with van der Waals surface area (Å²) in [5.74, 6) is -0.303. The number of carboxylic acid groups (broad SMARTS) is 1. The van der Waals surface area contributed by atoms with Crippen LogP contribution in [0.3, 0.4) is 0 Å². The van der Waals surface area contributed by atoms with Crippen LogP contribution in [0.4, 0.5) is 10.5 Å². The molecule has 1 aromatic heterocycles. The second-order valence-electron chi connectivity index (χ2n) is 13.6. The van der Waals surface area contributed by atoms with Gasteiger partial charge < -0.3 is 31.3 Å². The summed E-state index contributed by atoms with van der Waals surface area (Å²) in [6.07, 6.45) is 4.32. The zero-order valence-electron chi connectivity index (χ0n) is 29.0. The van der Waals surface area contributed by atoms with Gasteiger partial charge in [0.05, 0.1) is 0 Å². The SMILES string of the molecule is O=C(O)NCC1CCC(C(=O)N[C@@H](Cc2cccc(-c3ccc(C(=O)NCCN4CCCC4)cc3)c2)C(=O)Nc2ccc(-c3nn[nH]n3)cc2)CC1. The summed E-state index contributed by atoms with van der Waals surface area (Å²) < 4.78 is 0. The Bertz CT molecular complexity index is 1800. The van der Waals surface area contributed by atoms with Gasteiger partial charge in [0.15, 0.2) is 0 Å². The lowest BCUT2D eigenvalue weighted by Crippen LogP contribution is -2.48. The van der Waals surface area contributed by atoms with E-state index in [2.05, 4.69) is 46.8 Å². The lowest BCUT2D eigenvalue weighted by Gasteiger charge is -2.29. The highest BCUT2D eigenvalue weighted by atomic mass is 16.4. The van der Waals surface area contributed by atoms with Crippen molar-refractivity contribution in [3.8, 4) is 22.5 Å². The normalized spacial score (nSPS) is 17.9. The molecule has 2 heterocycles. The molecule has 14 nitrogen and oxygen atoms in total. The van der Waals surface area contributed by atoms with Crippen LogP contribution in [0.1, 0.15) is 54.4 Å². The quantitative estimate of drug-likeness (QED) is 0.112. The molecule has 6 N–H and O–H groups in total. The first kappa shape index (κ1) is 36.2. The highest BCUT2D eigenvalue weighted by molar-refractivity contribution is 5.98. The number of aromatic amines is 1. The fourth-order valence-electron chi connectivity index (χ4n) is 6.94. The maximum atomic E-state index is 13.8. The Labute approximate surface area is 302 Å². The van der Waals surface area contributed by atoms with Gasteiger partial charge in [0, 0.05) is 48.8 Å². The largest absolute Gasteiger partial charge is 0.465 e. The minimum Gasteiger partial charge on any atom is -0.465 e. The number of amides is 4. The number of benzene rings is 3. The van der Waals surface area contributed by atoms with Crippen molar-refractivity contribution in [2.24, 2.45) is 11.8 Å². The van der Waals surface area contributed by atoms with E-state index in [-0.39, 0.29) is 36.0 Å². The molecule has 1 saturated carbocycles.